The number of aliphatic hydroxyl groups excluding tert-OH is 1. The molecule has 4 atom stereocenters. The fourth-order valence-corrected chi connectivity index (χ4v) is 5.53. The fourth-order valence-electron chi connectivity index (χ4n) is 5.37. The van der Waals surface area contributed by atoms with Gasteiger partial charge in [-0.3, -0.25) is 19.2 Å². The molecule has 1 aliphatic rings. The molecule has 3 unspecified atom stereocenters. The summed E-state index contributed by atoms with van der Waals surface area (Å²) in [6, 6.07) is 22.4. The summed E-state index contributed by atoms with van der Waals surface area (Å²) in [5.41, 5.74) is 4.81. The summed E-state index contributed by atoms with van der Waals surface area (Å²) in [7, 11) is 2.07. The molecule has 45 heavy (non-hydrogen) atoms. The SMILES string of the molecule is CCCC(NC(=O)OCC1c2ccccc2-c2ccccc21)C(O)C(=O)NCC(=O)CC(=O)N[C@H](C(=O)NP)c1ccccc1. The number of carbonyl (C=O) groups is 5. The van der Waals surface area contributed by atoms with Crippen LogP contribution in [0.1, 0.15) is 54.8 Å². The molecule has 11 nitrogen and oxygen atoms in total. The molecule has 4 rings (SSSR count). The normalized spacial score (nSPS) is 13.8. The zero-order chi connectivity index (χ0) is 32.3. The van der Waals surface area contributed by atoms with Crippen LogP contribution in [0.25, 0.3) is 11.1 Å². The number of aliphatic hydroxyl groups is 1. The van der Waals surface area contributed by atoms with Gasteiger partial charge in [0.2, 0.25) is 11.8 Å². The molecule has 12 heteroatoms. The first-order valence-corrected chi connectivity index (χ1v) is 15.2. The summed E-state index contributed by atoms with van der Waals surface area (Å²) in [4.78, 5) is 62.7. The lowest BCUT2D eigenvalue weighted by Crippen LogP contribution is -2.51. The van der Waals surface area contributed by atoms with Gasteiger partial charge in [0.25, 0.3) is 5.91 Å². The van der Waals surface area contributed by atoms with Gasteiger partial charge < -0.3 is 30.9 Å². The number of hydrogen-bond acceptors (Lipinski definition) is 7. The van der Waals surface area contributed by atoms with Crippen molar-refractivity contribution in [1.29, 1.82) is 0 Å². The Morgan fingerprint density at radius 2 is 1.44 bits per heavy atom. The molecule has 0 bridgehead atoms. The number of rotatable bonds is 14. The zero-order valence-corrected chi connectivity index (χ0v) is 26.0. The molecule has 0 aromatic heterocycles. The van der Waals surface area contributed by atoms with Crippen molar-refractivity contribution in [2.24, 2.45) is 0 Å². The van der Waals surface area contributed by atoms with Gasteiger partial charge in [0.05, 0.1) is 19.0 Å². The highest BCUT2D eigenvalue weighted by Crippen LogP contribution is 2.44. The fraction of sp³-hybridized carbons (Fsp3) is 0.303. The second-order valence-corrected chi connectivity index (χ2v) is 11.0. The number of Topliss-reactive ketones (excluding diaryl/α,β-unsaturated/α-hetero) is 1. The highest BCUT2D eigenvalue weighted by molar-refractivity contribution is 7.15. The third-order valence-corrected chi connectivity index (χ3v) is 7.84. The molecule has 3 aromatic carbocycles. The third-order valence-electron chi connectivity index (χ3n) is 7.56. The average Bonchev–Trinajstić information content (AvgIpc) is 3.38. The van der Waals surface area contributed by atoms with Crippen LogP contribution in [-0.2, 0) is 23.9 Å². The first-order valence-electron chi connectivity index (χ1n) is 14.7. The predicted molar refractivity (Wildman–Crippen MR) is 171 cm³/mol. The Balaban J connectivity index is 1.27. The molecule has 0 fully saturated rings. The zero-order valence-electron chi connectivity index (χ0n) is 24.8. The van der Waals surface area contributed by atoms with E-state index in [0.717, 1.165) is 22.3 Å². The molecule has 0 saturated heterocycles. The van der Waals surface area contributed by atoms with Crippen molar-refractivity contribution in [2.75, 3.05) is 13.2 Å². The van der Waals surface area contributed by atoms with Gasteiger partial charge in [-0.1, -0.05) is 92.2 Å². The lowest BCUT2D eigenvalue weighted by molar-refractivity contribution is -0.134. The molecule has 0 spiro atoms. The molecule has 0 saturated carbocycles. The number of fused-ring (bicyclic) bond motifs is 3. The molecule has 0 aliphatic heterocycles. The van der Waals surface area contributed by atoms with Gasteiger partial charge in [-0.25, -0.2) is 4.79 Å². The molecule has 1 aliphatic carbocycles. The van der Waals surface area contributed by atoms with E-state index in [1.165, 1.54) is 0 Å². The van der Waals surface area contributed by atoms with E-state index in [2.05, 4.69) is 30.4 Å². The minimum Gasteiger partial charge on any atom is -0.449 e. The first kappa shape index (κ1) is 33.3. The van der Waals surface area contributed by atoms with Crippen molar-refractivity contribution in [3.8, 4) is 11.1 Å². The van der Waals surface area contributed by atoms with E-state index in [0.29, 0.717) is 12.0 Å². The van der Waals surface area contributed by atoms with Gasteiger partial charge in [-0.15, -0.1) is 0 Å². The van der Waals surface area contributed by atoms with Crippen molar-refractivity contribution < 1.29 is 33.8 Å². The van der Waals surface area contributed by atoms with Crippen molar-refractivity contribution in [1.82, 2.24) is 21.0 Å². The van der Waals surface area contributed by atoms with Gasteiger partial charge in [-0.2, -0.15) is 0 Å². The van der Waals surface area contributed by atoms with E-state index in [9.17, 15) is 29.1 Å². The van der Waals surface area contributed by atoms with Crippen LogP contribution in [-0.4, -0.2) is 60.0 Å². The molecule has 4 amide bonds. The van der Waals surface area contributed by atoms with Crippen LogP contribution in [0.2, 0.25) is 0 Å². The lowest BCUT2D eigenvalue weighted by Gasteiger charge is -2.23. The Labute approximate surface area is 263 Å². The quantitative estimate of drug-likeness (QED) is 0.135. The van der Waals surface area contributed by atoms with E-state index >= 15 is 0 Å². The number of ether oxygens (including phenoxy) is 1. The minimum atomic E-state index is -1.67. The second kappa shape index (κ2) is 15.9. The van der Waals surface area contributed by atoms with Gasteiger partial charge in [0.15, 0.2) is 11.9 Å². The van der Waals surface area contributed by atoms with E-state index in [1.807, 2.05) is 55.5 Å². The summed E-state index contributed by atoms with van der Waals surface area (Å²) in [5, 5.41) is 20.5. The van der Waals surface area contributed by atoms with E-state index in [4.69, 9.17) is 4.74 Å². The maximum absolute atomic E-state index is 12.8. The lowest BCUT2D eigenvalue weighted by atomic mass is 9.98. The van der Waals surface area contributed by atoms with Crippen molar-refractivity contribution in [3.63, 3.8) is 0 Å². The van der Waals surface area contributed by atoms with E-state index < -0.39 is 60.8 Å². The molecule has 0 radical (unpaired) electrons. The highest BCUT2D eigenvalue weighted by atomic mass is 31.0. The van der Waals surface area contributed by atoms with Gasteiger partial charge >= 0.3 is 6.09 Å². The van der Waals surface area contributed by atoms with Crippen LogP contribution in [0.3, 0.4) is 0 Å². The summed E-state index contributed by atoms with van der Waals surface area (Å²) < 4.78 is 5.56. The molecule has 5 N–H and O–H groups in total. The van der Waals surface area contributed by atoms with E-state index in [1.54, 1.807) is 30.3 Å². The van der Waals surface area contributed by atoms with Gasteiger partial charge in [0, 0.05) is 5.92 Å². The molecule has 3 aromatic rings. The Bertz CT molecular complexity index is 1490. The summed E-state index contributed by atoms with van der Waals surface area (Å²) >= 11 is 0. The molecular weight excluding hydrogens is 595 g/mol. The van der Waals surface area contributed by atoms with Gasteiger partial charge in [-0.05, 0) is 43.6 Å². The smallest absolute Gasteiger partial charge is 0.407 e. The largest absolute Gasteiger partial charge is 0.449 e. The highest BCUT2D eigenvalue weighted by Gasteiger charge is 2.31. The number of benzene rings is 3. The molecule has 236 valence electrons. The van der Waals surface area contributed by atoms with Crippen molar-refractivity contribution in [2.45, 2.75) is 50.3 Å². The Morgan fingerprint density at radius 3 is 2.04 bits per heavy atom. The predicted octanol–water partition coefficient (Wildman–Crippen LogP) is 2.89. The summed E-state index contributed by atoms with van der Waals surface area (Å²) in [5.74, 6) is -2.87. The number of amides is 4. The Kier molecular flexibility index (Phi) is 11.8. The van der Waals surface area contributed by atoms with Crippen LogP contribution in [0.4, 0.5) is 4.79 Å². The van der Waals surface area contributed by atoms with Crippen LogP contribution >= 0.6 is 9.39 Å². The Hall–Kier alpha value is -4.60. The van der Waals surface area contributed by atoms with Crippen molar-refractivity contribution in [3.05, 3.63) is 95.6 Å². The third kappa shape index (κ3) is 8.53. The molecule has 0 heterocycles. The first-order chi connectivity index (χ1) is 21.7. The van der Waals surface area contributed by atoms with Crippen LogP contribution in [0.5, 0.6) is 0 Å². The average molecular weight is 633 g/mol. The standard InChI is InChI=1S/C33H37N4O7P/c1-2-10-27(35-33(43)44-19-26-24-15-8-6-13-22(24)23-14-7-9-16-25(23)26)30(40)32(42)34-18-21(38)17-28(39)36-29(31(41)37-45)20-11-4-3-5-12-20/h3-9,11-16,26-27,29-30,40H,2,10,17-19,45H2,1H3,(H,34,42)(H,35,43)(H,36,39)(H,37,41)/t27?,29-,30?/m0/s1. The summed E-state index contributed by atoms with van der Waals surface area (Å²) in [6.07, 6.45) is -2.23. The van der Waals surface area contributed by atoms with Crippen LogP contribution in [0.15, 0.2) is 78.9 Å². The topological polar surface area (TPSA) is 163 Å². The number of hydrogen-bond donors (Lipinski definition) is 5. The molecular formula is C33H37N4O7P. The number of carbonyl (C=O) groups excluding carboxylic acids is 5. The van der Waals surface area contributed by atoms with E-state index in [-0.39, 0.29) is 18.9 Å². The van der Waals surface area contributed by atoms with Crippen LogP contribution < -0.4 is 21.0 Å². The summed E-state index contributed by atoms with van der Waals surface area (Å²) in [6.45, 7) is 1.37. The number of alkyl carbamates (subject to hydrolysis) is 1. The number of ketones is 1. The monoisotopic (exact) mass is 632 g/mol. The van der Waals surface area contributed by atoms with Gasteiger partial charge in [0.1, 0.15) is 12.6 Å². The number of nitrogens with one attached hydrogen (secondary N) is 4. The maximum atomic E-state index is 12.8. The minimum absolute atomic E-state index is 0.0709. The van der Waals surface area contributed by atoms with Crippen LogP contribution in [0, 0.1) is 0 Å². The Morgan fingerprint density at radius 1 is 0.844 bits per heavy atom. The second-order valence-electron chi connectivity index (χ2n) is 10.7. The van der Waals surface area contributed by atoms with Crippen molar-refractivity contribution >= 4 is 39.0 Å². The maximum Gasteiger partial charge on any atom is 0.407 e.